The molecule has 1 atom stereocenters. The van der Waals surface area contributed by atoms with Crippen LogP contribution in [0, 0.1) is 0 Å². The quantitative estimate of drug-likeness (QED) is 0.449. The van der Waals surface area contributed by atoms with Crippen molar-refractivity contribution in [1.82, 2.24) is 14.8 Å². The molecule has 138 valence electrons. The summed E-state index contributed by atoms with van der Waals surface area (Å²) >= 11 is 0. The minimum Gasteiger partial charge on any atom is -0.362 e. The summed E-state index contributed by atoms with van der Waals surface area (Å²) in [6.07, 6.45) is 5.05. The first-order valence-electron chi connectivity index (χ1n) is 9.22. The van der Waals surface area contributed by atoms with Crippen molar-refractivity contribution < 1.29 is 4.74 Å². The second-order valence-corrected chi connectivity index (χ2v) is 6.41. The number of ether oxygens (including phenoxy) is 1. The Hall–Kier alpha value is -3.50. The third-order valence-electron chi connectivity index (χ3n) is 4.43. The molecular formula is C24H21N3O. The highest BCUT2D eigenvalue weighted by Crippen LogP contribution is 2.31. The maximum absolute atomic E-state index is 6.42. The van der Waals surface area contributed by atoms with Crippen molar-refractivity contribution in [2.45, 2.75) is 12.7 Å². The lowest BCUT2D eigenvalue weighted by Crippen LogP contribution is -2.12. The van der Waals surface area contributed by atoms with Gasteiger partial charge in [0.25, 0.3) is 0 Å². The van der Waals surface area contributed by atoms with Crippen LogP contribution >= 0.6 is 0 Å². The zero-order chi connectivity index (χ0) is 19.0. The van der Waals surface area contributed by atoms with E-state index in [4.69, 9.17) is 4.74 Å². The summed E-state index contributed by atoms with van der Waals surface area (Å²) in [5.74, 6) is 0. The highest BCUT2D eigenvalue weighted by atomic mass is 16.5. The molecule has 28 heavy (non-hydrogen) atoms. The zero-order valence-corrected chi connectivity index (χ0v) is 15.4. The van der Waals surface area contributed by atoms with Gasteiger partial charge >= 0.3 is 0 Å². The normalized spacial score (nSPS) is 12.6. The molecule has 0 amide bonds. The summed E-state index contributed by atoms with van der Waals surface area (Å²) in [6.45, 7) is 0.501. The summed E-state index contributed by atoms with van der Waals surface area (Å²) in [5, 5.41) is 4.37. The van der Waals surface area contributed by atoms with Crippen LogP contribution in [0.1, 0.15) is 22.8 Å². The monoisotopic (exact) mass is 367 g/mol. The number of rotatable bonds is 7. The van der Waals surface area contributed by atoms with Crippen LogP contribution in [-0.2, 0) is 11.3 Å². The van der Waals surface area contributed by atoms with Crippen LogP contribution in [0.2, 0.25) is 0 Å². The van der Waals surface area contributed by atoms with Gasteiger partial charge in [0, 0.05) is 0 Å². The van der Waals surface area contributed by atoms with Gasteiger partial charge in [0.15, 0.2) is 0 Å². The Balaban J connectivity index is 1.74. The molecule has 4 aromatic rings. The van der Waals surface area contributed by atoms with Gasteiger partial charge in [-0.05, 0) is 22.8 Å². The van der Waals surface area contributed by atoms with Crippen LogP contribution in [0.3, 0.4) is 0 Å². The number of benzene rings is 3. The van der Waals surface area contributed by atoms with Gasteiger partial charge < -0.3 is 4.74 Å². The van der Waals surface area contributed by atoms with Crippen LogP contribution in [0.4, 0.5) is 0 Å². The third kappa shape index (κ3) is 4.42. The first kappa shape index (κ1) is 17.9. The topological polar surface area (TPSA) is 39.9 Å². The van der Waals surface area contributed by atoms with Crippen molar-refractivity contribution in [3.63, 3.8) is 0 Å². The first-order valence-corrected chi connectivity index (χ1v) is 9.22. The highest BCUT2D eigenvalue weighted by molar-refractivity contribution is 5.73. The molecule has 0 fully saturated rings. The molecule has 0 radical (unpaired) electrons. The molecule has 0 saturated carbocycles. The Bertz CT molecular complexity index is 998. The lowest BCUT2D eigenvalue weighted by molar-refractivity contribution is 0.0747. The molecule has 1 aromatic heterocycles. The van der Waals surface area contributed by atoms with E-state index in [9.17, 15) is 0 Å². The van der Waals surface area contributed by atoms with Crippen LogP contribution < -0.4 is 0 Å². The number of aromatic nitrogens is 3. The zero-order valence-electron chi connectivity index (χ0n) is 15.4. The minimum absolute atomic E-state index is 0.289. The summed E-state index contributed by atoms with van der Waals surface area (Å²) in [5.41, 5.74) is 4.18. The molecule has 4 rings (SSSR count). The van der Waals surface area contributed by atoms with Gasteiger partial charge in [0.05, 0.1) is 12.3 Å². The second-order valence-electron chi connectivity index (χ2n) is 6.41. The van der Waals surface area contributed by atoms with Gasteiger partial charge in [-0.15, -0.1) is 0 Å². The molecule has 0 aliphatic heterocycles. The molecule has 4 heteroatoms. The molecule has 0 saturated heterocycles. The smallest absolute Gasteiger partial charge is 0.138 e. The molecule has 1 heterocycles. The second kappa shape index (κ2) is 8.93. The van der Waals surface area contributed by atoms with E-state index in [2.05, 4.69) is 52.6 Å². The van der Waals surface area contributed by atoms with Gasteiger partial charge in [-0.25, -0.2) is 9.67 Å². The van der Waals surface area contributed by atoms with Crippen LogP contribution in [0.5, 0.6) is 0 Å². The van der Waals surface area contributed by atoms with E-state index in [0.717, 1.165) is 22.4 Å². The fraction of sp³-hybridized carbons (Fsp3) is 0.0833. The van der Waals surface area contributed by atoms with Crippen molar-refractivity contribution in [1.29, 1.82) is 0 Å². The molecule has 0 bridgehead atoms. The number of nitrogens with zero attached hydrogens (tertiary/aromatic N) is 3. The Morgan fingerprint density at radius 2 is 1.50 bits per heavy atom. The van der Waals surface area contributed by atoms with Crippen LogP contribution in [0.15, 0.2) is 104 Å². The summed E-state index contributed by atoms with van der Waals surface area (Å²) in [6, 6.07) is 30.6. The molecule has 0 aliphatic rings. The van der Waals surface area contributed by atoms with E-state index in [1.165, 1.54) is 6.33 Å². The van der Waals surface area contributed by atoms with E-state index in [1.807, 2.05) is 54.6 Å². The molecule has 0 aliphatic carbocycles. The van der Waals surface area contributed by atoms with E-state index < -0.39 is 0 Å². The van der Waals surface area contributed by atoms with Crippen LogP contribution in [-0.4, -0.2) is 14.8 Å². The molecule has 0 spiro atoms. The molecule has 1 unspecified atom stereocenters. The first-order chi connectivity index (χ1) is 13.9. The molecule has 4 nitrogen and oxygen atoms in total. The Labute approximate surface area is 164 Å². The van der Waals surface area contributed by atoms with Crippen LogP contribution in [0.25, 0.3) is 11.8 Å². The minimum atomic E-state index is -0.289. The standard InChI is InChI=1S/C24H21N3O/c1-4-10-20(11-5-1)16-23(27-19-25-18-26-27)24(22-14-8-3-9-15-22)28-17-21-12-6-2-7-13-21/h1-16,18-19,24H,17H2/b23-16+. The lowest BCUT2D eigenvalue weighted by Gasteiger charge is -2.22. The predicted molar refractivity (Wildman–Crippen MR) is 111 cm³/mol. The SMILES string of the molecule is C(=C(/C(OCc1ccccc1)c1ccccc1)n1cncn1)/c1ccccc1. The molecule has 0 N–H and O–H groups in total. The van der Waals surface area contributed by atoms with Gasteiger partial charge in [-0.3, -0.25) is 0 Å². The predicted octanol–water partition coefficient (Wildman–Crippen LogP) is 5.23. The van der Waals surface area contributed by atoms with E-state index in [0.29, 0.717) is 6.61 Å². The Morgan fingerprint density at radius 1 is 0.857 bits per heavy atom. The van der Waals surface area contributed by atoms with Crippen molar-refractivity contribution in [2.75, 3.05) is 0 Å². The van der Waals surface area contributed by atoms with Gasteiger partial charge in [-0.2, -0.15) is 5.10 Å². The maximum Gasteiger partial charge on any atom is 0.138 e. The Morgan fingerprint density at radius 3 is 2.14 bits per heavy atom. The number of hydrogen-bond donors (Lipinski definition) is 0. The van der Waals surface area contributed by atoms with Crippen molar-refractivity contribution in [2.24, 2.45) is 0 Å². The average Bonchev–Trinajstić information content (AvgIpc) is 3.30. The molecule has 3 aromatic carbocycles. The summed E-state index contributed by atoms with van der Waals surface area (Å²) < 4.78 is 8.19. The van der Waals surface area contributed by atoms with E-state index in [-0.39, 0.29) is 6.10 Å². The Kier molecular flexibility index (Phi) is 5.71. The number of hydrogen-bond acceptors (Lipinski definition) is 3. The maximum atomic E-state index is 6.42. The lowest BCUT2D eigenvalue weighted by atomic mass is 10.0. The summed E-state index contributed by atoms with van der Waals surface area (Å²) in [4.78, 5) is 4.13. The highest BCUT2D eigenvalue weighted by Gasteiger charge is 2.20. The van der Waals surface area contributed by atoms with Gasteiger partial charge in [-0.1, -0.05) is 91.0 Å². The average molecular weight is 367 g/mol. The van der Waals surface area contributed by atoms with Crippen molar-refractivity contribution >= 4 is 11.8 Å². The third-order valence-corrected chi connectivity index (χ3v) is 4.43. The van der Waals surface area contributed by atoms with E-state index in [1.54, 1.807) is 11.0 Å². The largest absolute Gasteiger partial charge is 0.362 e. The fourth-order valence-electron chi connectivity index (χ4n) is 3.06. The molecular weight excluding hydrogens is 346 g/mol. The summed E-state index contributed by atoms with van der Waals surface area (Å²) in [7, 11) is 0. The van der Waals surface area contributed by atoms with Gasteiger partial charge in [0.1, 0.15) is 18.8 Å². The van der Waals surface area contributed by atoms with E-state index >= 15 is 0 Å². The fourth-order valence-corrected chi connectivity index (χ4v) is 3.06. The van der Waals surface area contributed by atoms with Gasteiger partial charge in [0.2, 0.25) is 0 Å². The van der Waals surface area contributed by atoms with Crippen molar-refractivity contribution in [3.05, 3.63) is 120 Å². The van der Waals surface area contributed by atoms with Crippen molar-refractivity contribution in [3.8, 4) is 0 Å².